The maximum atomic E-state index is 13.9. The summed E-state index contributed by atoms with van der Waals surface area (Å²) in [6.45, 7) is 1.55. The van der Waals surface area contributed by atoms with Gasteiger partial charge in [-0.05, 0) is 59.1 Å². The standard InChI is InChI=1S/C34H34ClFN6O2S.ClH/c1-37-15-16-41(20-24-3-7-27(8-4-24)28-9-11-30(35)12-10-28)32(43)22-42-21-29(17-26-18-38-40(2)19-26)33(44)39-34(42)45-23-25-5-13-31(36)14-6-25;/h3-14,18-19,21,37H,15-17,20,22-23H2,1-2H3;1H. The van der Waals surface area contributed by atoms with Crippen LogP contribution in [0.15, 0.2) is 101 Å². The summed E-state index contributed by atoms with van der Waals surface area (Å²) in [5.41, 5.74) is 5.00. The second-order valence-corrected chi connectivity index (χ2v) is 12.1. The molecule has 1 amide bonds. The smallest absolute Gasteiger partial charge is 0.277 e. The van der Waals surface area contributed by atoms with E-state index in [0.717, 1.165) is 27.8 Å². The zero-order valence-corrected chi connectivity index (χ0v) is 27.9. The highest BCUT2D eigenvalue weighted by Crippen LogP contribution is 2.24. The summed E-state index contributed by atoms with van der Waals surface area (Å²) in [4.78, 5) is 33.1. The van der Waals surface area contributed by atoms with Crippen LogP contribution in [0.2, 0.25) is 5.02 Å². The minimum Gasteiger partial charge on any atom is -0.336 e. The van der Waals surface area contributed by atoms with Gasteiger partial charge in [-0.2, -0.15) is 10.1 Å². The lowest BCUT2D eigenvalue weighted by atomic mass is 10.0. The van der Waals surface area contributed by atoms with Gasteiger partial charge in [0.15, 0.2) is 5.16 Å². The first kappa shape index (κ1) is 34.9. The van der Waals surface area contributed by atoms with Crippen molar-refractivity contribution in [1.29, 1.82) is 0 Å². The highest BCUT2D eigenvalue weighted by molar-refractivity contribution is 7.98. The van der Waals surface area contributed by atoms with Crippen LogP contribution in [0.4, 0.5) is 4.39 Å². The fraction of sp³-hybridized carbons (Fsp3) is 0.235. The Morgan fingerprint density at radius 3 is 2.24 bits per heavy atom. The highest BCUT2D eigenvalue weighted by atomic mass is 35.5. The Hall–Kier alpha value is -3.96. The Morgan fingerprint density at radius 1 is 0.957 bits per heavy atom. The molecule has 0 fully saturated rings. The van der Waals surface area contributed by atoms with Crippen molar-refractivity contribution >= 4 is 41.7 Å². The molecule has 5 aromatic rings. The Bertz CT molecular complexity index is 1790. The molecule has 0 aliphatic heterocycles. The molecule has 1 N–H and O–H groups in total. The monoisotopic (exact) mass is 680 g/mol. The van der Waals surface area contributed by atoms with Gasteiger partial charge >= 0.3 is 0 Å². The van der Waals surface area contributed by atoms with Gasteiger partial charge in [0.2, 0.25) is 5.91 Å². The van der Waals surface area contributed by atoms with Crippen LogP contribution in [-0.4, -0.2) is 50.3 Å². The number of hydrogen-bond acceptors (Lipinski definition) is 6. The van der Waals surface area contributed by atoms with Crippen LogP contribution in [0.1, 0.15) is 22.3 Å². The first-order valence-electron chi connectivity index (χ1n) is 14.5. The van der Waals surface area contributed by atoms with Crippen LogP contribution in [-0.2, 0) is 37.1 Å². The number of benzene rings is 3. The number of carbonyl (C=O) groups is 1. The Balaban J connectivity index is 0.00000480. The van der Waals surface area contributed by atoms with E-state index in [2.05, 4.69) is 15.4 Å². The van der Waals surface area contributed by atoms with Crippen LogP contribution in [0, 0.1) is 5.82 Å². The van der Waals surface area contributed by atoms with E-state index in [1.54, 1.807) is 38.7 Å². The lowest BCUT2D eigenvalue weighted by molar-refractivity contribution is -0.132. The van der Waals surface area contributed by atoms with E-state index in [4.69, 9.17) is 11.6 Å². The van der Waals surface area contributed by atoms with Crippen molar-refractivity contribution in [3.8, 4) is 11.1 Å². The number of nitrogens with zero attached hydrogens (tertiary/aromatic N) is 5. The van der Waals surface area contributed by atoms with Crippen molar-refractivity contribution in [1.82, 2.24) is 29.5 Å². The van der Waals surface area contributed by atoms with Crippen LogP contribution < -0.4 is 10.9 Å². The normalized spacial score (nSPS) is 10.9. The van der Waals surface area contributed by atoms with Crippen molar-refractivity contribution in [3.05, 3.63) is 135 Å². The zero-order chi connectivity index (χ0) is 31.8. The van der Waals surface area contributed by atoms with Crippen LogP contribution in [0.25, 0.3) is 11.1 Å². The quantitative estimate of drug-likeness (QED) is 0.122. The summed E-state index contributed by atoms with van der Waals surface area (Å²) >= 11 is 7.38. The van der Waals surface area contributed by atoms with Gasteiger partial charge in [0.25, 0.3) is 5.56 Å². The molecule has 0 spiro atoms. The summed E-state index contributed by atoms with van der Waals surface area (Å²) < 4.78 is 16.9. The number of thioether (sulfide) groups is 1. The zero-order valence-electron chi connectivity index (χ0n) is 25.5. The molecule has 0 bridgehead atoms. The second-order valence-electron chi connectivity index (χ2n) is 10.7. The number of nitrogens with one attached hydrogen (secondary N) is 1. The number of halogens is 3. The molecule has 5 rings (SSSR count). The summed E-state index contributed by atoms with van der Waals surface area (Å²) in [5, 5.41) is 8.45. The van der Waals surface area contributed by atoms with E-state index in [9.17, 15) is 14.0 Å². The van der Waals surface area contributed by atoms with E-state index in [0.29, 0.717) is 47.6 Å². The molecule has 2 aromatic heterocycles. The van der Waals surface area contributed by atoms with Crippen molar-refractivity contribution in [3.63, 3.8) is 0 Å². The van der Waals surface area contributed by atoms with Gasteiger partial charge in [-0.25, -0.2) is 4.39 Å². The molecular formula is C34H35Cl2FN6O2S. The fourth-order valence-electron chi connectivity index (χ4n) is 4.83. The molecule has 0 aliphatic carbocycles. The van der Waals surface area contributed by atoms with Gasteiger partial charge in [-0.15, -0.1) is 12.4 Å². The number of rotatable bonds is 13. The Kier molecular flexibility index (Phi) is 12.6. The topological polar surface area (TPSA) is 85.0 Å². The van der Waals surface area contributed by atoms with Crippen LogP contribution in [0.3, 0.4) is 0 Å². The average Bonchev–Trinajstić information content (AvgIpc) is 3.45. The number of hydrogen-bond donors (Lipinski definition) is 1. The number of aryl methyl sites for hydroxylation is 1. The van der Waals surface area contributed by atoms with Gasteiger partial charge in [-0.1, -0.05) is 71.9 Å². The molecule has 46 heavy (non-hydrogen) atoms. The second kappa shape index (κ2) is 16.6. The fourth-order valence-corrected chi connectivity index (χ4v) is 5.88. The van der Waals surface area contributed by atoms with Crippen molar-refractivity contribution in [2.24, 2.45) is 7.05 Å². The van der Waals surface area contributed by atoms with Gasteiger partial charge < -0.3 is 14.8 Å². The maximum Gasteiger partial charge on any atom is 0.277 e. The Morgan fingerprint density at radius 2 is 1.61 bits per heavy atom. The third-order valence-electron chi connectivity index (χ3n) is 7.26. The Labute approximate surface area is 283 Å². The molecule has 240 valence electrons. The average molecular weight is 682 g/mol. The summed E-state index contributed by atoms with van der Waals surface area (Å²) in [5.74, 6) is 0.0469. The first-order valence-corrected chi connectivity index (χ1v) is 15.9. The van der Waals surface area contributed by atoms with Crippen molar-refractivity contribution in [2.45, 2.75) is 30.4 Å². The number of aromatic nitrogens is 4. The number of likely N-dealkylation sites (N-methyl/N-ethyl adjacent to an activating group) is 1. The van der Waals surface area contributed by atoms with Gasteiger partial charge in [0.05, 0.1) is 6.20 Å². The molecule has 8 nitrogen and oxygen atoms in total. The molecule has 3 aromatic carbocycles. The SMILES string of the molecule is CNCCN(Cc1ccc(-c2ccc(Cl)cc2)cc1)C(=O)Cn1cc(Cc2cnn(C)c2)c(=O)nc1SCc1ccc(F)cc1.Cl. The predicted octanol–water partition coefficient (Wildman–Crippen LogP) is 5.99. The van der Waals surface area contributed by atoms with Crippen LogP contribution in [0.5, 0.6) is 0 Å². The molecule has 0 atom stereocenters. The highest BCUT2D eigenvalue weighted by Gasteiger charge is 2.18. The lowest BCUT2D eigenvalue weighted by Crippen LogP contribution is -2.38. The predicted molar refractivity (Wildman–Crippen MR) is 184 cm³/mol. The number of carbonyl (C=O) groups excluding carboxylic acids is 1. The number of amides is 1. The maximum absolute atomic E-state index is 13.9. The van der Waals surface area contributed by atoms with E-state index in [1.807, 2.05) is 68.8 Å². The first-order chi connectivity index (χ1) is 21.8. The third kappa shape index (κ3) is 9.53. The molecule has 0 aliphatic rings. The summed E-state index contributed by atoms with van der Waals surface area (Å²) in [7, 11) is 3.67. The minimum atomic E-state index is -0.350. The van der Waals surface area contributed by atoms with E-state index >= 15 is 0 Å². The van der Waals surface area contributed by atoms with Crippen LogP contribution >= 0.6 is 35.8 Å². The molecule has 0 saturated heterocycles. The van der Waals surface area contributed by atoms with Gasteiger partial charge in [0, 0.05) is 61.8 Å². The van der Waals surface area contributed by atoms with E-state index in [1.165, 1.54) is 23.9 Å². The molecule has 12 heteroatoms. The largest absolute Gasteiger partial charge is 0.336 e. The molecule has 0 unspecified atom stereocenters. The molecule has 0 radical (unpaired) electrons. The van der Waals surface area contributed by atoms with E-state index in [-0.39, 0.29) is 36.2 Å². The minimum absolute atomic E-state index is 0. The molecular weight excluding hydrogens is 646 g/mol. The van der Waals surface area contributed by atoms with Gasteiger partial charge in [0.1, 0.15) is 12.4 Å². The van der Waals surface area contributed by atoms with Gasteiger partial charge in [-0.3, -0.25) is 14.3 Å². The lowest BCUT2D eigenvalue weighted by Gasteiger charge is -2.24. The summed E-state index contributed by atoms with van der Waals surface area (Å²) in [6, 6.07) is 22.0. The van der Waals surface area contributed by atoms with Crippen molar-refractivity contribution in [2.75, 3.05) is 20.1 Å². The third-order valence-corrected chi connectivity index (χ3v) is 8.57. The van der Waals surface area contributed by atoms with Crippen molar-refractivity contribution < 1.29 is 9.18 Å². The van der Waals surface area contributed by atoms with E-state index < -0.39 is 0 Å². The summed E-state index contributed by atoms with van der Waals surface area (Å²) in [6.07, 6.45) is 5.64. The molecule has 2 heterocycles. The molecule has 0 saturated carbocycles.